The fraction of sp³-hybridized carbons (Fsp3) is 0.654. The molecule has 6 heteroatoms. The van der Waals surface area contributed by atoms with E-state index in [1.54, 1.807) is 0 Å². The van der Waals surface area contributed by atoms with Crippen molar-refractivity contribution in [3.8, 4) is 0 Å². The summed E-state index contributed by atoms with van der Waals surface area (Å²) in [5, 5.41) is 0.163. The lowest BCUT2D eigenvalue weighted by atomic mass is 9.93. The zero-order valence-electron chi connectivity index (χ0n) is 21.0. The van der Waals surface area contributed by atoms with Gasteiger partial charge in [0.05, 0.1) is 6.61 Å². The lowest BCUT2D eigenvalue weighted by Gasteiger charge is -2.36. The first kappa shape index (κ1) is 27.4. The summed E-state index contributed by atoms with van der Waals surface area (Å²) in [7, 11) is -1.87. The molecular formula is C26H41IO4Si. The van der Waals surface area contributed by atoms with Gasteiger partial charge < -0.3 is 13.6 Å². The van der Waals surface area contributed by atoms with Crippen LogP contribution in [0, 0.1) is 5.92 Å². The largest absolute Gasteiger partial charge is 0.462 e. The summed E-state index contributed by atoms with van der Waals surface area (Å²) in [6.07, 6.45) is 6.09. The van der Waals surface area contributed by atoms with Crippen molar-refractivity contribution >= 4 is 43.0 Å². The van der Waals surface area contributed by atoms with Crippen molar-refractivity contribution in [1.29, 1.82) is 0 Å². The van der Waals surface area contributed by atoms with E-state index in [-0.39, 0.29) is 17.1 Å². The van der Waals surface area contributed by atoms with Gasteiger partial charge in [0.15, 0.2) is 8.32 Å². The van der Waals surface area contributed by atoms with Crippen LogP contribution in [0.2, 0.25) is 18.1 Å². The molecule has 2 rings (SSSR count). The average Bonchev–Trinajstić information content (AvgIpc) is 3.24. The Bertz CT molecular complexity index is 831. The number of carbonyl (C=O) groups excluding carboxylic acids is 1. The maximum atomic E-state index is 11.4. The van der Waals surface area contributed by atoms with Crippen LogP contribution in [-0.2, 0) is 27.0 Å². The van der Waals surface area contributed by atoms with E-state index < -0.39 is 8.32 Å². The summed E-state index contributed by atoms with van der Waals surface area (Å²) in [6, 6.07) is 2.13. The van der Waals surface area contributed by atoms with Crippen LogP contribution >= 0.6 is 22.6 Å². The quantitative estimate of drug-likeness (QED) is 0.0891. The highest BCUT2D eigenvalue weighted by Gasteiger charge is 2.37. The van der Waals surface area contributed by atoms with Gasteiger partial charge >= 0.3 is 5.97 Å². The molecule has 180 valence electrons. The third-order valence-electron chi connectivity index (χ3n) is 6.80. The lowest BCUT2D eigenvalue weighted by Crippen LogP contribution is -2.40. The predicted molar refractivity (Wildman–Crippen MR) is 144 cm³/mol. The third kappa shape index (κ3) is 7.87. The smallest absolute Gasteiger partial charge is 0.306 e. The molecule has 0 bridgehead atoms. The van der Waals surface area contributed by atoms with Crippen molar-refractivity contribution in [2.75, 3.05) is 4.43 Å². The Labute approximate surface area is 209 Å². The van der Waals surface area contributed by atoms with E-state index in [1.807, 2.05) is 0 Å². The van der Waals surface area contributed by atoms with E-state index in [0.717, 1.165) is 52.8 Å². The van der Waals surface area contributed by atoms with Gasteiger partial charge in [0, 0.05) is 29.3 Å². The Morgan fingerprint density at radius 2 is 2.06 bits per heavy atom. The fourth-order valence-electron chi connectivity index (χ4n) is 3.60. The van der Waals surface area contributed by atoms with Gasteiger partial charge in [0.25, 0.3) is 0 Å². The van der Waals surface area contributed by atoms with Gasteiger partial charge in [0.1, 0.15) is 17.6 Å². The van der Waals surface area contributed by atoms with Crippen LogP contribution in [0.15, 0.2) is 28.2 Å². The number of cyclic esters (lactones) is 1. The number of carbonyl (C=O) groups is 1. The molecule has 1 fully saturated rings. The summed E-state index contributed by atoms with van der Waals surface area (Å²) in [6.45, 7) is 20.3. The van der Waals surface area contributed by atoms with Crippen molar-refractivity contribution < 1.29 is 18.4 Å². The molecule has 1 aliphatic heterocycles. The Kier molecular flexibility index (Phi) is 9.85. The molecule has 1 aliphatic rings. The second-order valence-corrected chi connectivity index (χ2v) is 16.6. The predicted octanol–water partition coefficient (Wildman–Crippen LogP) is 7.86. The highest BCUT2D eigenvalue weighted by Crippen LogP contribution is 2.38. The molecule has 2 heterocycles. The molecule has 0 N–H and O–H groups in total. The minimum atomic E-state index is -1.87. The number of alkyl halides is 1. The minimum absolute atomic E-state index is 0.00831. The molecule has 0 aliphatic carbocycles. The maximum Gasteiger partial charge on any atom is 0.306 e. The average molecular weight is 573 g/mol. The zero-order valence-corrected chi connectivity index (χ0v) is 24.1. The van der Waals surface area contributed by atoms with Gasteiger partial charge in [0.2, 0.25) is 0 Å². The number of hydrogen-bond acceptors (Lipinski definition) is 4. The fourth-order valence-corrected chi connectivity index (χ4v) is 5.30. The maximum absolute atomic E-state index is 11.4. The van der Waals surface area contributed by atoms with Gasteiger partial charge in [-0.15, -0.1) is 0 Å². The van der Waals surface area contributed by atoms with Crippen LogP contribution < -0.4 is 0 Å². The summed E-state index contributed by atoms with van der Waals surface area (Å²) in [4.78, 5) is 11.4. The van der Waals surface area contributed by atoms with Crippen LogP contribution in [0.25, 0.3) is 6.08 Å². The summed E-state index contributed by atoms with van der Waals surface area (Å²) >= 11 is 2.43. The monoisotopic (exact) mass is 572 g/mol. The molecule has 0 spiro atoms. The van der Waals surface area contributed by atoms with Crippen molar-refractivity contribution in [3.05, 3.63) is 40.9 Å². The molecule has 4 nitrogen and oxygen atoms in total. The SMILES string of the molecule is C=C(C)[C@@H](CCI)Cc1oc(/C=C(\C)C[C@@H]2CCC(=O)O2)cc1CO[Si](C)(C)C(C)(C)C. The Morgan fingerprint density at radius 3 is 2.59 bits per heavy atom. The molecule has 0 unspecified atom stereocenters. The molecule has 0 saturated carbocycles. The first-order chi connectivity index (χ1) is 14.8. The lowest BCUT2D eigenvalue weighted by molar-refractivity contribution is -0.141. The molecule has 0 aromatic carbocycles. The summed E-state index contributed by atoms with van der Waals surface area (Å²) in [5.41, 5.74) is 3.50. The van der Waals surface area contributed by atoms with Crippen LogP contribution in [0.1, 0.15) is 77.4 Å². The zero-order chi connectivity index (χ0) is 24.1. The highest BCUT2D eigenvalue weighted by molar-refractivity contribution is 14.1. The number of furan rings is 1. The normalized spacial score (nSPS) is 18.7. The van der Waals surface area contributed by atoms with Crippen LogP contribution in [0.5, 0.6) is 0 Å². The number of rotatable bonds is 11. The third-order valence-corrected chi connectivity index (χ3v) is 11.9. The number of esters is 1. The van der Waals surface area contributed by atoms with Gasteiger partial charge in [-0.25, -0.2) is 0 Å². The second-order valence-electron chi connectivity index (χ2n) is 10.7. The Balaban J connectivity index is 2.24. The van der Waals surface area contributed by atoms with Crippen molar-refractivity contribution in [1.82, 2.24) is 0 Å². The molecule has 0 radical (unpaired) electrons. The van der Waals surface area contributed by atoms with Crippen molar-refractivity contribution in [3.63, 3.8) is 0 Å². The van der Waals surface area contributed by atoms with Gasteiger partial charge in [-0.2, -0.15) is 0 Å². The molecule has 1 aromatic heterocycles. The van der Waals surface area contributed by atoms with Crippen LogP contribution in [0.3, 0.4) is 0 Å². The van der Waals surface area contributed by atoms with E-state index >= 15 is 0 Å². The first-order valence-corrected chi connectivity index (χ1v) is 16.1. The summed E-state index contributed by atoms with van der Waals surface area (Å²) < 4.78 is 19.4. The van der Waals surface area contributed by atoms with E-state index in [9.17, 15) is 4.79 Å². The molecular weight excluding hydrogens is 531 g/mol. The number of ether oxygens (including phenoxy) is 1. The topological polar surface area (TPSA) is 48.7 Å². The molecule has 0 amide bonds. The molecule has 1 aromatic rings. The van der Waals surface area contributed by atoms with Crippen LogP contribution in [-0.4, -0.2) is 24.8 Å². The number of halogens is 1. The number of allylic oxidation sites excluding steroid dienone is 1. The van der Waals surface area contributed by atoms with Crippen molar-refractivity contribution in [2.24, 2.45) is 5.92 Å². The van der Waals surface area contributed by atoms with Gasteiger partial charge in [-0.1, -0.05) is 61.1 Å². The van der Waals surface area contributed by atoms with E-state index in [4.69, 9.17) is 13.6 Å². The minimum Gasteiger partial charge on any atom is -0.462 e. The van der Waals surface area contributed by atoms with Gasteiger partial charge in [-0.05, 0) is 62.9 Å². The molecule has 32 heavy (non-hydrogen) atoms. The Hall–Kier alpha value is -0.863. The summed E-state index contributed by atoms with van der Waals surface area (Å²) in [5.74, 6) is 2.17. The Morgan fingerprint density at radius 1 is 1.38 bits per heavy atom. The molecule has 2 atom stereocenters. The standard InChI is InChI=1S/C26H41IO4Si/c1-18(2)20(11-12-27)16-24-21(17-29-32(7,8)26(4,5)6)15-23(30-24)14-19(3)13-22-9-10-25(28)31-22/h14-15,20,22H,1,9-13,16-17H2,2-8H3/b19-14+/t20-,22-/m0/s1. The highest BCUT2D eigenvalue weighted by atomic mass is 127. The number of hydrogen-bond donors (Lipinski definition) is 0. The molecule has 1 saturated heterocycles. The van der Waals surface area contributed by atoms with E-state index in [1.165, 1.54) is 5.57 Å². The van der Waals surface area contributed by atoms with E-state index in [2.05, 4.69) is 89.0 Å². The first-order valence-electron chi connectivity index (χ1n) is 11.7. The van der Waals surface area contributed by atoms with Gasteiger partial charge in [-0.3, -0.25) is 4.79 Å². The van der Waals surface area contributed by atoms with Crippen LogP contribution in [0.4, 0.5) is 0 Å². The van der Waals surface area contributed by atoms with E-state index in [0.29, 0.717) is 18.9 Å². The van der Waals surface area contributed by atoms with Crippen molar-refractivity contribution in [2.45, 2.75) is 97.6 Å². The second kappa shape index (κ2) is 11.5.